The Morgan fingerprint density at radius 2 is 1.24 bits per heavy atom. The van der Waals surface area contributed by atoms with E-state index in [9.17, 15) is 24.0 Å². The highest BCUT2D eigenvalue weighted by Gasteiger charge is 2.65. The Morgan fingerprint density at radius 3 is 1.71 bits per heavy atom. The molecule has 55 heavy (non-hydrogen) atoms. The van der Waals surface area contributed by atoms with Gasteiger partial charge in [-0.15, -0.1) is 0 Å². The molecule has 1 heterocycles. The molecule has 1 aliphatic heterocycles. The largest absolute Gasteiger partial charge is 0.516 e. The first kappa shape index (κ1) is 45.4. The number of carbonyl (C=O) groups excluding carboxylic acids is 5. The minimum atomic E-state index is -2.98. The van der Waals surface area contributed by atoms with E-state index in [1.807, 2.05) is 74.5 Å². The van der Waals surface area contributed by atoms with Crippen LogP contribution in [0.2, 0.25) is 15.1 Å². The van der Waals surface area contributed by atoms with Gasteiger partial charge in [-0.2, -0.15) is 0 Å². The molecule has 5 N–H and O–H groups in total. The van der Waals surface area contributed by atoms with Crippen molar-refractivity contribution in [2.75, 3.05) is 6.54 Å². The monoisotopic (exact) mass is 777 g/mol. The lowest BCUT2D eigenvalue weighted by atomic mass is 10.0. The number of benzene rings is 2. The predicted molar refractivity (Wildman–Crippen MR) is 220 cm³/mol. The van der Waals surface area contributed by atoms with Gasteiger partial charge >= 0.3 is 5.97 Å². The van der Waals surface area contributed by atoms with E-state index in [2.05, 4.69) is 78.3 Å². The van der Waals surface area contributed by atoms with Crippen LogP contribution in [0.3, 0.4) is 0 Å². The van der Waals surface area contributed by atoms with E-state index in [0.717, 1.165) is 11.1 Å². The lowest BCUT2D eigenvalue weighted by Gasteiger charge is -2.57. The molecule has 2 aromatic carbocycles. The first-order chi connectivity index (χ1) is 25.4. The number of hydrogen-bond donors (Lipinski definition) is 4. The molecule has 1 aliphatic rings. The summed E-state index contributed by atoms with van der Waals surface area (Å²) in [6.45, 7) is 24.7. The maximum absolute atomic E-state index is 14.5. The number of rotatable bonds is 14. The average molecular weight is 778 g/mol. The van der Waals surface area contributed by atoms with Crippen LogP contribution in [-0.4, -0.2) is 79.6 Å². The first-order valence-electron chi connectivity index (χ1n) is 19.7. The number of amides is 4. The van der Waals surface area contributed by atoms with Gasteiger partial charge in [0.25, 0.3) is 8.32 Å². The predicted octanol–water partition coefficient (Wildman–Crippen LogP) is 5.81. The van der Waals surface area contributed by atoms with Crippen LogP contribution < -0.4 is 21.7 Å². The summed E-state index contributed by atoms with van der Waals surface area (Å²) in [5.74, 6) is -2.67. The molecule has 0 radical (unpaired) electrons. The zero-order valence-electron chi connectivity index (χ0n) is 35.2. The van der Waals surface area contributed by atoms with Crippen LogP contribution in [0.15, 0.2) is 60.7 Å². The van der Waals surface area contributed by atoms with Gasteiger partial charge in [-0.05, 0) is 58.3 Å². The van der Waals surface area contributed by atoms with Crippen LogP contribution in [0.1, 0.15) is 107 Å². The summed E-state index contributed by atoms with van der Waals surface area (Å²) < 4.78 is 6.83. The van der Waals surface area contributed by atoms with Crippen molar-refractivity contribution in [1.82, 2.24) is 20.9 Å². The molecular formula is C43H67N5O6Si. The fourth-order valence-corrected chi connectivity index (χ4v) is 17.1. The number of nitrogens with one attached hydrogen (secondary N) is 3. The first-order valence-corrected chi connectivity index (χ1v) is 21.6. The van der Waals surface area contributed by atoms with Crippen molar-refractivity contribution in [1.29, 1.82) is 0 Å². The van der Waals surface area contributed by atoms with Crippen LogP contribution in [-0.2, 0) is 41.2 Å². The molecule has 0 bridgehead atoms. The molecule has 1 fully saturated rings. The van der Waals surface area contributed by atoms with Crippen LogP contribution >= 0.6 is 0 Å². The molecule has 4 amide bonds. The Bertz CT molecular complexity index is 1590. The third kappa shape index (κ3) is 11.1. The standard InChI is InChI=1S/C43H67N5O6Si/c1-28(2)35(47-36(49)29(3)45-37(50)32(44)26-30-20-15-13-16-21-30)39(52)48-25-19-24-34(48)38(51)46-33(27-31-22-17-14-18-23-31)40(53)54-55(41(4,5)6,42(7,8)9)43(10,11)12/h13-18,20-23,28-29,32-35H,19,24-27,44H2,1-12H3,(H,45,50)(H,46,51)(H,47,49)/t29-,32-,33-,34-,35-/m0/s1. The molecule has 304 valence electrons. The van der Waals surface area contributed by atoms with Gasteiger partial charge in [0.2, 0.25) is 23.6 Å². The lowest BCUT2D eigenvalue weighted by molar-refractivity contribution is -0.145. The van der Waals surface area contributed by atoms with E-state index < -0.39 is 68.1 Å². The van der Waals surface area contributed by atoms with E-state index in [1.165, 1.54) is 4.90 Å². The number of likely N-dealkylation sites (tertiary alicyclic amines) is 1. The quantitative estimate of drug-likeness (QED) is 0.176. The minimum Gasteiger partial charge on any atom is -0.516 e. The van der Waals surface area contributed by atoms with Crippen LogP contribution in [0, 0.1) is 5.92 Å². The summed E-state index contributed by atoms with van der Waals surface area (Å²) in [5.41, 5.74) is 7.90. The molecule has 0 aromatic heterocycles. The second-order valence-corrected chi connectivity index (χ2v) is 24.6. The molecule has 12 heteroatoms. The smallest absolute Gasteiger partial charge is 0.315 e. The summed E-state index contributed by atoms with van der Waals surface area (Å²) in [6.07, 6.45) is 1.51. The van der Waals surface area contributed by atoms with Gasteiger partial charge in [0.15, 0.2) is 0 Å². The Morgan fingerprint density at radius 1 is 0.745 bits per heavy atom. The SMILES string of the molecule is CC(C)[C@H](NC(=O)[C@H](C)NC(=O)[C@@H](N)Cc1ccccc1)C(=O)N1CCC[C@H]1C(=O)N[C@@H](Cc1ccccc1)C(=O)O[Si](C(C)(C)C)(C(C)(C)C)C(C)(C)C. The van der Waals surface area contributed by atoms with E-state index in [-0.39, 0.29) is 27.5 Å². The molecule has 0 unspecified atom stereocenters. The highest BCUT2D eigenvalue weighted by atomic mass is 28.4. The van der Waals surface area contributed by atoms with Gasteiger partial charge in [0.05, 0.1) is 6.04 Å². The van der Waals surface area contributed by atoms with Gasteiger partial charge in [-0.3, -0.25) is 24.0 Å². The number of nitrogens with two attached hydrogens (primary N) is 1. The molecular weight excluding hydrogens is 711 g/mol. The molecule has 0 aliphatic carbocycles. The topological polar surface area (TPSA) is 160 Å². The van der Waals surface area contributed by atoms with Crippen LogP contribution in [0.5, 0.6) is 0 Å². The molecule has 3 rings (SSSR count). The zero-order valence-corrected chi connectivity index (χ0v) is 36.2. The molecule has 11 nitrogen and oxygen atoms in total. The van der Waals surface area contributed by atoms with E-state index in [0.29, 0.717) is 25.8 Å². The fraction of sp³-hybridized carbons (Fsp3) is 0.605. The molecule has 2 aromatic rings. The van der Waals surface area contributed by atoms with E-state index in [1.54, 1.807) is 6.92 Å². The van der Waals surface area contributed by atoms with Gasteiger partial charge in [0, 0.05) is 13.0 Å². The summed E-state index contributed by atoms with van der Waals surface area (Å²) in [4.78, 5) is 70.6. The Labute approximate surface area is 330 Å². The molecule has 0 saturated carbocycles. The minimum absolute atomic E-state index is 0.221. The second-order valence-electron chi connectivity index (χ2n) is 18.5. The summed E-state index contributed by atoms with van der Waals surface area (Å²) in [5, 5.41) is 7.50. The number of hydrogen-bond acceptors (Lipinski definition) is 7. The molecule has 5 atom stereocenters. The molecule has 0 spiro atoms. The van der Waals surface area contributed by atoms with Crippen molar-refractivity contribution >= 4 is 37.9 Å². The molecule has 1 saturated heterocycles. The second kappa shape index (κ2) is 18.3. The van der Waals surface area contributed by atoms with Crippen molar-refractivity contribution in [3.63, 3.8) is 0 Å². The Kier molecular flexibility index (Phi) is 15.1. The van der Waals surface area contributed by atoms with Crippen molar-refractivity contribution < 1.29 is 28.4 Å². The fourth-order valence-electron chi connectivity index (χ4n) is 8.99. The van der Waals surface area contributed by atoms with Crippen LogP contribution in [0.25, 0.3) is 0 Å². The van der Waals surface area contributed by atoms with E-state index in [4.69, 9.17) is 10.2 Å². The van der Waals surface area contributed by atoms with Gasteiger partial charge in [-0.1, -0.05) is 137 Å². The highest BCUT2D eigenvalue weighted by Crippen LogP contribution is 2.62. The Hall–Kier alpha value is -4.03. The van der Waals surface area contributed by atoms with Gasteiger partial charge < -0.3 is 31.0 Å². The number of carbonyl (C=O) groups is 5. The third-order valence-electron chi connectivity index (χ3n) is 10.8. The van der Waals surface area contributed by atoms with Crippen LogP contribution in [0.4, 0.5) is 0 Å². The third-order valence-corrected chi connectivity index (χ3v) is 17.6. The van der Waals surface area contributed by atoms with Crippen molar-refractivity contribution in [3.05, 3.63) is 71.8 Å². The number of nitrogens with zero attached hydrogens (tertiary/aromatic N) is 1. The van der Waals surface area contributed by atoms with Crippen molar-refractivity contribution in [2.45, 2.75) is 154 Å². The summed E-state index contributed by atoms with van der Waals surface area (Å²) in [6, 6.07) is 14.2. The zero-order chi connectivity index (χ0) is 41.5. The lowest BCUT2D eigenvalue weighted by Crippen LogP contribution is -2.64. The maximum atomic E-state index is 14.5. The maximum Gasteiger partial charge on any atom is 0.315 e. The van der Waals surface area contributed by atoms with Gasteiger partial charge in [-0.25, -0.2) is 0 Å². The average Bonchev–Trinajstić information content (AvgIpc) is 3.58. The van der Waals surface area contributed by atoms with Gasteiger partial charge in [0.1, 0.15) is 24.2 Å². The summed E-state index contributed by atoms with van der Waals surface area (Å²) in [7, 11) is -2.98. The normalized spacial score (nSPS) is 17.5. The highest BCUT2D eigenvalue weighted by molar-refractivity contribution is 6.83. The Balaban J connectivity index is 1.81. The van der Waals surface area contributed by atoms with Crippen molar-refractivity contribution in [3.8, 4) is 0 Å². The van der Waals surface area contributed by atoms with Crippen molar-refractivity contribution in [2.24, 2.45) is 11.7 Å². The van der Waals surface area contributed by atoms with E-state index >= 15 is 0 Å². The summed E-state index contributed by atoms with van der Waals surface area (Å²) >= 11 is 0.